The lowest BCUT2D eigenvalue weighted by Crippen LogP contribution is -2.37. The normalized spacial score (nSPS) is 19.0. The Morgan fingerprint density at radius 3 is 2.78 bits per heavy atom. The third-order valence-electron chi connectivity index (χ3n) is 3.22. The van der Waals surface area contributed by atoms with E-state index in [0.717, 1.165) is 32.9 Å². The molecule has 1 saturated heterocycles. The van der Waals surface area contributed by atoms with E-state index in [9.17, 15) is 0 Å². The van der Waals surface area contributed by atoms with Crippen LogP contribution in [0.15, 0.2) is 0 Å². The van der Waals surface area contributed by atoms with Crippen molar-refractivity contribution in [2.24, 2.45) is 0 Å². The van der Waals surface area contributed by atoms with Crippen LogP contribution in [-0.4, -0.2) is 62.0 Å². The van der Waals surface area contributed by atoms with Crippen molar-refractivity contribution in [3.8, 4) is 0 Å². The molecular weight excluding hydrogens is 246 g/mol. The molecule has 1 rings (SSSR count). The third kappa shape index (κ3) is 8.35. The van der Waals surface area contributed by atoms with Gasteiger partial charge in [-0.15, -0.1) is 0 Å². The zero-order chi connectivity index (χ0) is 13.1. The van der Waals surface area contributed by atoms with Gasteiger partial charge in [-0.25, -0.2) is 0 Å². The number of rotatable bonds is 10. The maximum absolute atomic E-state index is 5.74. The van der Waals surface area contributed by atoms with Crippen LogP contribution in [0.1, 0.15) is 33.1 Å². The Kier molecular flexibility index (Phi) is 10.0. The Labute approximate surface area is 117 Å². The lowest BCUT2D eigenvalue weighted by atomic mass is 10.3. The average Bonchev–Trinajstić information content (AvgIpc) is 2.40. The van der Waals surface area contributed by atoms with Crippen LogP contribution in [0.25, 0.3) is 0 Å². The first-order valence-corrected chi connectivity index (χ1v) is 8.48. The van der Waals surface area contributed by atoms with Crippen LogP contribution in [0, 0.1) is 0 Å². The average molecular weight is 275 g/mol. The highest BCUT2D eigenvalue weighted by Crippen LogP contribution is 2.09. The quantitative estimate of drug-likeness (QED) is 0.571. The molecule has 1 fully saturated rings. The van der Waals surface area contributed by atoms with Gasteiger partial charge in [-0.3, -0.25) is 4.90 Å². The molecule has 108 valence electrons. The van der Waals surface area contributed by atoms with Crippen LogP contribution >= 0.6 is 11.8 Å². The number of ether oxygens (including phenoxy) is 2. The molecule has 0 aliphatic carbocycles. The van der Waals surface area contributed by atoms with Gasteiger partial charge in [0.15, 0.2) is 0 Å². The largest absolute Gasteiger partial charge is 0.379 e. The van der Waals surface area contributed by atoms with Crippen LogP contribution in [0.4, 0.5) is 0 Å². The summed E-state index contributed by atoms with van der Waals surface area (Å²) in [6.07, 6.45) is 4.01. The molecule has 3 nitrogen and oxygen atoms in total. The molecule has 4 heteroatoms. The van der Waals surface area contributed by atoms with E-state index in [0.29, 0.717) is 6.10 Å². The van der Waals surface area contributed by atoms with E-state index in [4.69, 9.17) is 9.47 Å². The highest BCUT2D eigenvalue weighted by molar-refractivity contribution is 7.99. The second-order valence-corrected chi connectivity index (χ2v) is 6.11. The summed E-state index contributed by atoms with van der Waals surface area (Å²) in [7, 11) is 0. The Balaban J connectivity index is 1.85. The molecule has 1 atom stereocenters. The lowest BCUT2D eigenvalue weighted by Gasteiger charge is -2.26. The van der Waals surface area contributed by atoms with Crippen molar-refractivity contribution in [2.45, 2.75) is 39.2 Å². The maximum Gasteiger partial charge on any atom is 0.0594 e. The standard InChI is InChI=1S/C14H29NO2S/c1-3-4-9-17-14(2)5-12-18-13-8-15-6-10-16-11-7-15/h14H,3-13H2,1-2H3. The molecule has 1 heterocycles. The van der Waals surface area contributed by atoms with Gasteiger partial charge in [-0.05, 0) is 25.5 Å². The van der Waals surface area contributed by atoms with Gasteiger partial charge >= 0.3 is 0 Å². The van der Waals surface area contributed by atoms with E-state index >= 15 is 0 Å². The molecule has 0 radical (unpaired) electrons. The molecule has 0 amide bonds. The number of hydrogen-bond acceptors (Lipinski definition) is 4. The summed E-state index contributed by atoms with van der Waals surface area (Å²) in [6, 6.07) is 0. The van der Waals surface area contributed by atoms with Gasteiger partial charge < -0.3 is 9.47 Å². The van der Waals surface area contributed by atoms with Crippen molar-refractivity contribution in [1.29, 1.82) is 0 Å². The number of morpholine rings is 1. The molecule has 0 aromatic carbocycles. The van der Waals surface area contributed by atoms with Gasteiger partial charge in [0.1, 0.15) is 0 Å². The zero-order valence-corrected chi connectivity index (χ0v) is 12.8. The fourth-order valence-electron chi connectivity index (χ4n) is 1.88. The van der Waals surface area contributed by atoms with E-state index in [2.05, 4.69) is 30.5 Å². The predicted molar refractivity (Wildman–Crippen MR) is 79.5 cm³/mol. The first-order chi connectivity index (χ1) is 8.83. The van der Waals surface area contributed by atoms with Crippen LogP contribution < -0.4 is 0 Å². The van der Waals surface area contributed by atoms with Crippen molar-refractivity contribution < 1.29 is 9.47 Å². The molecule has 1 aliphatic heterocycles. The molecule has 0 spiro atoms. The molecule has 0 aromatic rings. The van der Waals surface area contributed by atoms with Gasteiger partial charge in [-0.1, -0.05) is 13.3 Å². The van der Waals surface area contributed by atoms with E-state index in [1.54, 1.807) is 0 Å². The first kappa shape index (κ1) is 16.3. The third-order valence-corrected chi connectivity index (χ3v) is 4.22. The molecule has 0 bridgehead atoms. The van der Waals surface area contributed by atoms with Gasteiger partial charge in [-0.2, -0.15) is 11.8 Å². The van der Waals surface area contributed by atoms with Gasteiger partial charge in [0, 0.05) is 32.0 Å². The van der Waals surface area contributed by atoms with Crippen molar-refractivity contribution in [3.63, 3.8) is 0 Å². The Morgan fingerprint density at radius 1 is 1.28 bits per heavy atom. The summed E-state index contributed by atoms with van der Waals surface area (Å²) in [5.74, 6) is 2.46. The maximum atomic E-state index is 5.74. The molecule has 18 heavy (non-hydrogen) atoms. The fourth-order valence-corrected chi connectivity index (χ4v) is 2.97. The van der Waals surface area contributed by atoms with Crippen LogP contribution in [0.3, 0.4) is 0 Å². The zero-order valence-electron chi connectivity index (χ0n) is 12.0. The smallest absolute Gasteiger partial charge is 0.0594 e. The molecular formula is C14H29NO2S. The summed E-state index contributed by atoms with van der Waals surface area (Å²) in [6.45, 7) is 10.6. The van der Waals surface area contributed by atoms with Crippen LogP contribution in [-0.2, 0) is 9.47 Å². The minimum Gasteiger partial charge on any atom is -0.379 e. The molecule has 1 aliphatic rings. The Morgan fingerprint density at radius 2 is 2.06 bits per heavy atom. The number of hydrogen-bond donors (Lipinski definition) is 0. The number of unbranched alkanes of at least 4 members (excludes halogenated alkanes) is 1. The molecule has 0 saturated carbocycles. The van der Waals surface area contributed by atoms with Crippen molar-refractivity contribution in [2.75, 3.05) is 51.0 Å². The summed E-state index contributed by atoms with van der Waals surface area (Å²) in [4.78, 5) is 2.50. The van der Waals surface area contributed by atoms with Gasteiger partial charge in [0.05, 0.1) is 19.3 Å². The lowest BCUT2D eigenvalue weighted by molar-refractivity contribution is 0.0410. The summed E-state index contributed by atoms with van der Waals surface area (Å²) < 4.78 is 11.1. The van der Waals surface area contributed by atoms with Crippen molar-refractivity contribution in [3.05, 3.63) is 0 Å². The Bertz CT molecular complexity index is 187. The highest BCUT2D eigenvalue weighted by atomic mass is 32.2. The fraction of sp³-hybridized carbons (Fsp3) is 1.00. The molecule has 1 unspecified atom stereocenters. The molecule has 0 aromatic heterocycles. The van der Waals surface area contributed by atoms with E-state index in [1.165, 1.54) is 37.3 Å². The van der Waals surface area contributed by atoms with Crippen LogP contribution in [0.5, 0.6) is 0 Å². The van der Waals surface area contributed by atoms with E-state index in [1.807, 2.05) is 0 Å². The van der Waals surface area contributed by atoms with E-state index in [-0.39, 0.29) is 0 Å². The van der Waals surface area contributed by atoms with Crippen molar-refractivity contribution >= 4 is 11.8 Å². The first-order valence-electron chi connectivity index (χ1n) is 7.32. The van der Waals surface area contributed by atoms with E-state index < -0.39 is 0 Å². The SMILES string of the molecule is CCCCOC(C)CCSCCN1CCOCC1. The predicted octanol–water partition coefficient (Wildman–Crippen LogP) is 2.65. The highest BCUT2D eigenvalue weighted by Gasteiger charge is 2.09. The Hall–Kier alpha value is 0.230. The van der Waals surface area contributed by atoms with Crippen molar-refractivity contribution in [1.82, 2.24) is 4.90 Å². The monoisotopic (exact) mass is 275 g/mol. The minimum absolute atomic E-state index is 0.424. The van der Waals surface area contributed by atoms with Gasteiger partial charge in [0.25, 0.3) is 0 Å². The number of nitrogens with zero attached hydrogens (tertiary/aromatic N) is 1. The minimum atomic E-state index is 0.424. The topological polar surface area (TPSA) is 21.7 Å². The summed E-state index contributed by atoms with van der Waals surface area (Å²) in [5.41, 5.74) is 0. The second-order valence-electron chi connectivity index (χ2n) is 4.89. The number of thioether (sulfide) groups is 1. The molecule has 0 N–H and O–H groups in total. The second kappa shape index (κ2) is 11.1. The summed E-state index contributed by atoms with van der Waals surface area (Å²) >= 11 is 2.05. The summed E-state index contributed by atoms with van der Waals surface area (Å²) in [5, 5.41) is 0. The van der Waals surface area contributed by atoms with Gasteiger partial charge in [0.2, 0.25) is 0 Å². The van der Waals surface area contributed by atoms with Crippen LogP contribution in [0.2, 0.25) is 0 Å².